The van der Waals surface area contributed by atoms with Crippen molar-refractivity contribution in [1.82, 2.24) is 10.2 Å². The molecule has 2 heteroatoms. The Hall–Kier alpha value is -0.0800. The van der Waals surface area contributed by atoms with Gasteiger partial charge in [-0.1, -0.05) is 19.3 Å². The summed E-state index contributed by atoms with van der Waals surface area (Å²) in [6.07, 6.45) is 11.8. The average molecular weight is 236 g/mol. The van der Waals surface area contributed by atoms with Gasteiger partial charge in [0.1, 0.15) is 0 Å². The summed E-state index contributed by atoms with van der Waals surface area (Å²) in [6.45, 7) is 5.41. The standard InChI is InChI=1S/C15H28N2/c1-2-5-13(6-3-1)11-17-10-8-15-14(12-17)7-4-9-16-15/h13-16H,1-12H2. The Bertz CT molecular complexity index is 233. The molecule has 3 fully saturated rings. The maximum Gasteiger partial charge on any atom is 0.0120 e. The molecular formula is C15H28N2. The van der Waals surface area contributed by atoms with Crippen LogP contribution >= 0.6 is 0 Å². The number of nitrogens with zero attached hydrogens (tertiary/aromatic N) is 1. The van der Waals surface area contributed by atoms with Crippen LogP contribution in [0.25, 0.3) is 0 Å². The van der Waals surface area contributed by atoms with Crippen molar-refractivity contribution in [2.45, 2.75) is 57.4 Å². The monoisotopic (exact) mass is 236 g/mol. The number of likely N-dealkylation sites (tertiary alicyclic amines) is 1. The molecule has 0 radical (unpaired) electrons. The normalized spacial score (nSPS) is 36.7. The Morgan fingerprint density at radius 3 is 2.71 bits per heavy atom. The minimum absolute atomic E-state index is 0.853. The molecule has 0 aromatic heterocycles. The van der Waals surface area contributed by atoms with Crippen molar-refractivity contribution < 1.29 is 0 Å². The molecule has 0 spiro atoms. The molecule has 0 aromatic rings. The average Bonchev–Trinajstić information content (AvgIpc) is 2.40. The first-order valence-corrected chi connectivity index (χ1v) is 7.87. The van der Waals surface area contributed by atoms with Crippen LogP contribution in [0.15, 0.2) is 0 Å². The molecule has 2 saturated heterocycles. The lowest BCUT2D eigenvalue weighted by Crippen LogP contribution is -2.52. The number of piperidine rings is 2. The van der Waals surface area contributed by atoms with Crippen molar-refractivity contribution in [3.05, 3.63) is 0 Å². The molecule has 98 valence electrons. The van der Waals surface area contributed by atoms with Gasteiger partial charge < -0.3 is 10.2 Å². The summed E-state index contributed by atoms with van der Waals surface area (Å²) in [4.78, 5) is 2.78. The van der Waals surface area contributed by atoms with Crippen molar-refractivity contribution in [2.24, 2.45) is 11.8 Å². The maximum atomic E-state index is 3.72. The largest absolute Gasteiger partial charge is 0.314 e. The van der Waals surface area contributed by atoms with Crippen LogP contribution in [-0.2, 0) is 0 Å². The van der Waals surface area contributed by atoms with Gasteiger partial charge in [-0.3, -0.25) is 0 Å². The second-order valence-corrected chi connectivity index (χ2v) is 6.52. The van der Waals surface area contributed by atoms with Gasteiger partial charge in [0.15, 0.2) is 0 Å². The van der Waals surface area contributed by atoms with E-state index >= 15 is 0 Å². The van der Waals surface area contributed by atoms with E-state index in [1.165, 1.54) is 77.5 Å². The molecule has 0 amide bonds. The predicted octanol–water partition coefficient (Wildman–Crippen LogP) is 2.64. The highest BCUT2D eigenvalue weighted by molar-refractivity contribution is 4.88. The second kappa shape index (κ2) is 5.71. The fraction of sp³-hybridized carbons (Fsp3) is 1.00. The molecule has 2 heterocycles. The van der Waals surface area contributed by atoms with E-state index in [1.54, 1.807) is 0 Å². The smallest absolute Gasteiger partial charge is 0.0120 e. The van der Waals surface area contributed by atoms with Gasteiger partial charge in [0.05, 0.1) is 0 Å². The summed E-state index contributed by atoms with van der Waals surface area (Å²) in [6, 6.07) is 0.853. The van der Waals surface area contributed by atoms with Gasteiger partial charge in [0.25, 0.3) is 0 Å². The van der Waals surface area contributed by atoms with Crippen molar-refractivity contribution in [3.63, 3.8) is 0 Å². The number of hydrogen-bond acceptors (Lipinski definition) is 2. The molecular weight excluding hydrogens is 208 g/mol. The van der Waals surface area contributed by atoms with Crippen molar-refractivity contribution in [2.75, 3.05) is 26.2 Å². The first-order valence-electron chi connectivity index (χ1n) is 7.87. The van der Waals surface area contributed by atoms with E-state index in [-0.39, 0.29) is 0 Å². The zero-order chi connectivity index (χ0) is 11.5. The summed E-state index contributed by atoms with van der Waals surface area (Å²) >= 11 is 0. The van der Waals surface area contributed by atoms with Gasteiger partial charge in [-0.2, -0.15) is 0 Å². The van der Waals surface area contributed by atoms with Crippen molar-refractivity contribution >= 4 is 0 Å². The van der Waals surface area contributed by atoms with Crippen LogP contribution in [0.2, 0.25) is 0 Å². The van der Waals surface area contributed by atoms with Crippen LogP contribution in [0.5, 0.6) is 0 Å². The lowest BCUT2D eigenvalue weighted by atomic mass is 9.84. The molecule has 0 bridgehead atoms. The van der Waals surface area contributed by atoms with Crippen LogP contribution in [0.4, 0.5) is 0 Å². The third kappa shape index (κ3) is 3.03. The Morgan fingerprint density at radius 1 is 0.941 bits per heavy atom. The topological polar surface area (TPSA) is 15.3 Å². The first kappa shape index (κ1) is 12.0. The van der Waals surface area contributed by atoms with E-state index in [4.69, 9.17) is 0 Å². The fourth-order valence-corrected chi connectivity index (χ4v) is 4.22. The van der Waals surface area contributed by atoms with E-state index in [9.17, 15) is 0 Å². The van der Waals surface area contributed by atoms with Crippen LogP contribution in [0.3, 0.4) is 0 Å². The van der Waals surface area contributed by atoms with Crippen LogP contribution < -0.4 is 5.32 Å². The van der Waals surface area contributed by atoms with Crippen LogP contribution in [0, 0.1) is 11.8 Å². The molecule has 0 aromatic carbocycles. The SMILES string of the molecule is C1CCC(CN2CCC3NCCCC3C2)CC1. The zero-order valence-corrected chi connectivity index (χ0v) is 11.2. The summed E-state index contributed by atoms with van der Waals surface area (Å²) < 4.78 is 0. The first-order chi connectivity index (χ1) is 8.42. The van der Waals surface area contributed by atoms with Gasteiger partial charge in [0.2, 0.25) is 0 Å². The highest BCUT2D eigenvalue weighted by Crippen LogP contribution is 2.28. The number of rotatable bonds is 2. The van der Waals surface area contributed by atoms with E-state index in [2.05, 4.69) is 10.2 Å². The van der Waals surface area contributed by atoms with Gasteiger partial charge in [-0.25, -0.2) is 0 Å². The maximum absolute atomic E-state index is 3.72. The van der Waals surface area contributed by atoms with Crippen molar-refractivity contribution in [1.29, 1.82) is 0 Å². The molecule has 2 atom stereocenters. The van der Waals surface area contributed by atoms with Gasteiger partial charge >= 0.3 is 0 Å². The lowest BCUT2D eigenvalue weighted by molar-refractivity contribution is 0.0933. The molecule has 2 aliphatic heterocycles. The highest BCUT2D eigenvalue weighted by atomic mass is 15.2. The molecule has 1 aliphatic carbocycles. The second-order valence-electron chi connectivity index (χ2n) is 6.52. The third-order valence-corrected chi connectivity index (χ3v) is 5.22. The molecule has 17 heavy (non-hydrogen) atoms. The molecule has 1 N–H and O–H groups in total. The quantitative estimate of drug-likeness (QED) is 0.793. The summed E-state index contributed by atoms with van der Waals surface area (Å²) in [5, 5.41) is 3.72. The third-order valence-electron chi connectivity index (χ3n) is 5.22. The summed E-state index contributed by atoms with van der Waals surface area (Å²) in [5.74, 6) is 1.98. The molecule has 2 unspecified atom stereocenters. The predicted molar refractivity (Wildman–Crippen MR) is 72.1 cm³/mol. The summed E-state index contributed by atoms with van der Waals surface area (Å²) in [7, 11) is 0. The minimum atomic E-state index is 0.853. The Labute approximate surface area is 106 Å². The van der Waals surface area contributed by atoms with E-state index in [1.807, 2.05) is 0 Å². The van der Waals surface area contributed by atoms with Crippen LogP contribution in [0.1, 0.15) is 51.4 Å². The van der Waals surface area contributed by atoms with Gasteiger partial charge in [0, 0.05) is 19.1 Å². The van der Waals surface area contributed by atoms with Gasteiger partial charge in [-0.15, -0.1) is 0 Å². The number of hydrogen-bond donors (Lipinski definition) is 1. The van der Waals surface area contributed by atoms with E-state index in [0.717, 1.165) is 17.9 Å². The van der Waals surface area contributed by atoms with E-state index in [0.29, 0.717) is 0 Å². The van der Waals surface area contributed by atoms with Crippen LogP contribution in [-0.4, -0.2) is 37.1 Å². The Balaban J connectivity index is 1.48. The number of fused-ring (bicyclic) bond motifs is 1. The Morgan fingerprint density at radius 2 is 1.82 bits per heavy atom. The zero-order valence-electron chi connectivity index (χ0n) is 11.2. The van der Waals surface area contributed by atoms with Crippen molar-refractivity contribution in [3.8, 4) is 0 Å². The number of nitrogens with one attached hydrogen (secondary N) is 1. The molecule has 2 nitrogen and oxygen atoms in total. The molecule has 3 rings (SSSR count). The van der Waals surface area contributed by atoms with Gasteiger partial charge in [-0.05, 0) is 57.0 Å². The fourth-order valence-electron chi connectivity index (χ4n) is 4.22. The lowest BCUT2D eigenvalue weighted by Gasteiger charge is -2.43. The molecule has 3 aliphatic rings. The van der Waals surface area contributed by atoms with E-state index < -0.39 is 0 Å². The highest BCUT2D eigenvalue weighted by Gasteiger charge is 2.31. The Kier molecular flexibility index (Phi) is 4.02. The minimum Gasteiger partial charge on any atom is -0.314 e. The molecule has 1 saturated carbocycles. The summed E-state index contributed by atoms with van der Waals surface area (Å²) in [5.41, 5.74) is 0.